The van der Waals surface area contributed by atoms with Gasteiger partial charge in [0.05, 0.1) is 0 Å². The van der Waals surface area contributed by atoms with Gasteiger partial charge < -0.3 is 11.1 Å². The molecule has 5 rings (SSSR count). The van der Waals surface area contributed by atoms with Gasteiger partial charge in [-0.15, -0.1) is 0 Å². The van der Waals surface area contributed by atoms with Crippen LogP contribution in [0.5, 0.6) is 0 Å². The number of nitrogen functional groups attached to an aromatic ring is 1. The number of pyridine rings is 1. The van der Waals surface area contributed by atoms with Crippen molar-refractivity contribution in [1.82, 2.24) is 14.8 Å². The Morgan fingerprint density at radius 1 is 1.12 bits per heavy atom. The van der Waals surface area contributed by atoms with Crippen molar-refractivity contribution in [3.8, 4) is 0 Å². The number of anilines is 2. The molecule has 6 heteroatoms. The lowest BCUT2D eigenvalue weighted by molar-refractivity contribution is 0.105. The zero-order valence-corrected chi connectivity index (χ0v) is 18.9. The van der Waals surface area contributed by atoms with Gasteiger partial charge in [-0.2, -0.15) is 0 Å². The maximum Gasteiger partial charge on any atom is 0.131 e. The molecule has 3 heterocycles. The minimum atomic E-state index is -0.148. The number of nitrogens with one attached hydrogen (secondary N) is 1. The van der Waals surface area contributed by atoms with Gasteiger partial charge >= 0.3 is 0 Å². The lowest BCUT2D eigenvalue weighted by atomic mass is 10.1. The molecule has 0 amide bonds. The van der Waals surface area contributed by atoms with Gasteiger partial charge in [-0.3, -0.25) is 9.80 Å². The molecule has 1 aromatic heterocycles. The van der Waals surface area contributed by atoms with Crippen molar-refractivity contribution in [3.05, 3.63) is 65.6 Å². The molecular weight excluding hydrogens is 401 g/mol. The molecule has 2 aromatic carbocycles. The van der Waals surface area contributed by atoms with Crippen LogP contribution in [0.4, 0.5) is 15.9 Å². The summed E-state index contributed by atoms with van der Waals surface area (Å²) in [5.74, 6) is 0.357. The van der Waals surface area contributed by atoms with E-state index in [1.807, 2.05) is 30.3 Å². The van der Waals surface area contributed by atoms with E-state index in [9.17, 15) is 4.39 Å². The summed E-state index contributed by atoms with van der Waals surface area (Å²) in [6.07, 6.45) is 3.88. The van der Waals surface area contributed by atoms with Gasteiger partial charge in [0, 0.05) is 72.5 Å². The quantitative estimate of drug-likeness (QED) is 0.583. The van der Waals surface area contributed by atoms with Crippen LogP contribution in [-0.2, 0) is 13.0 Å². The van der Waals surface area contributed by atoms with Gasteiger partial charge in [-0.05, 0) is 50.5 Å². The number of hydrogen-bond acceptors (Lipinski definition) is 5. The molecule has 2 aliphatic heterocycles. The van der Waals surface area contributed by atoms with E-state index in [4.69, 9.17) is 5.73 Å². The Hall–Kier alpha value is -2.70. The predicted molar refractivity (Wildman–Crippen MR) is 129 cm³/mol. The molecule has 0 saturated carbocycles. The first-order valence-electron chi connectivity index (χ1n) is 11.6. The Kier molecular flexibility index (Phi) is 5.74. The predicted octanol–water partition coefficient (Wildman–Crippen LogP) is 4.28. The van der Waals surface area contributed by atoms with Crippen LogP contribution in [0.1, 0.15) is 31.4 Å². The summed E-state index contributed by atoms with van der Waals surface area (Å²) in [6.45, 7) is 8.34. The fraction of sp³-hybridized carbons (Fsp3) is 0.423. The molecule has 3 N–H and O–H groups in total. The minimum Gasteiger partial charge on any atom is -0.383 e. The lowest BCUT2D eigenvalue weighted by Crippen LogP contribution is -2.49. The summed E-state index contributed by atoms with van der Waals surface area (Å²) < 4.78 is 14.8. The largest absolute Gasteiger partial charge is 0.383 e. The SMILES string of the molecule is CC(C)N1CC2C[C@H]1CN2CCc1ccc(CNc2cccc3c(N)nccc23)c(F)c1. The Balaban J connectivity index is 1.19. The van der Waals surface area contributed by atoms with Gasteiger partial charge in [0.2, 0.25) is 0 Å². The molecular formula is C26H32FN5. The van der Waals surface area contributed by atoms with Crippen LogP contribution in [0.3, 0.4) is 0 Å². The van der Waals surface area contributed by atoms with Crippen molar-refractivity contribution in [2.24, 2.45) is 0 Å². The second-order valence-electron chi connectivity index (χ2n) is 9.46. The van der Waals surface area contributed by atoms with Crippen molar-refractivity contribution in [2.45, 2.75) is 51.4 Å². The van der Waals surface area contributed by atoms with Crippen LogP contribution in [0.25, 0.3) is 10.8 Å². The van der Waals surface area contributed by atoms with Crippen molar-refractivity contribution < 1.29 is 4.39 Å². The molecule has 3 aromatic rings. The number of halogens is 1. The molecule has 2 bridgehead atoms. The molecule has 2 saturated heterocycles. The average molecular weight is 434 g/mol. The van der Waals surface area contributed by atoms with Crippen molar-refractivity contribution in [3.63, 3.8) is 0 Å². The number of aromatic nitrogens is 1. The maximum atomic E-state index is 14.8. The highest BCUT2D eigenvalue weighted by Gasteiger charge is 2.43. The second kappa shape index (κ2) is 8.68. The highest BCUT2D eigenvalue weighted by atomic mass is 19.1. The van der Waals surface area contributed by atoms with Crippen LogP contribution >= 0.6 is 0 Å². The zero-order chi connectivity index (χ0) is 22.2. The van der Waals surface area contributed by atoms with Crippen LogP contribution in [0.2, 0.25) is 0 Å². The Labute approximate surface area is 189 Å². The number of nitrogens with zero attached hydrogens (tertiary/aromatic N) is 3. The van der Waals surface area contributed by atoms with E-state index in [-0.39, 0.29) is 5.82 Å². The molecule has 0 radical (unpaired) electrons. The molecule has 5 nitrogen and oxygen atoms in total. The summed E-state index contributed by atoms with van der Waals surface area (Å²) in [7, 11) is 0. The number of piperazine rings is 1. The van der Waals surface area contributed by atoms with E-state index in [0.717, 1.165) is 41.5 Å². The molecule has 0 spiro atoms. The van der Waals surface area contributed by atoms with Crippen molar-refractivity contribution in [1.29, 1.82) is 0 Å². The molecule has 0 aliphatic carbocycles. The second-order valence-corrected chi connectivity index (χ2v) is 9.46. The zero-order valence-electron chi connectivity index (χ0n) is 18.9. The molecule has 168 valence electrons. The van der Waals surface area contributed by atoms with Crippen molar-refractivity contribution in [2.75, 3.05) is 30.7 Å². The topological polar surface area (TPSA) is 57.4 Å². The van der Waals surface area contributed by atoms with E-state index in [2.05, 4.69) is 40.0 Å². The van der Waals surface area contributed by atoms with Crippen LogP contribution in [0.15, 0.2) is 48.7 Å². The summed E-state index contributed by atoms with van der Waals surface area (Å²) in [5, 5.41) is 5.26. The third-order valence-corrected chi connectivity index (χ3v) is 7.17. The summed E-state index contributed by atoms with van der Waals surface area (Å²) in [6, 6.07) is 15.5. The highest BCUT2D eigenvalue weighted by Crippen LogP contribution is 2.32. The van der Waals surface area contributed by atoms with Gasteiger partial charge in [0.1, 0.15) is 11.6 Å². The Morgan fingerprint density at radius 2 is 2.00 bits per heavy atom. The van der Waals surface area contributed by atoms with Crippen LogP contribution < -0.4 is 11.1 Å². The van der Waals surface area contributed by atoms with Gasteiger partial charge in [-0.25, -0.2) is 9.37 Å². The van der Waals surface area contributed by atoms with Crippen molar-refractivity contribution >= 4 is 22.3 Å². The van der Waals surface area contributed by atoms with E-state index < -0.39 is 0 Å². The molecule has 2 aliphatic rings. The standard InChI is InChI=1S/C26H32FN5/c1-17(2)32-16-20-13-21(32)15-31(20)11-9-18-6-7-19(24(27)12-18)14-30-25-5-3-4-23-22(25)8-10-29-26(23)28/h3-8,10,12,17,20-21,30H,9,11,13-16H2,1-2H3,(H2,28,29)/t20?,21-/m0/s1. The maximum absolute atomic E-state index is 14.8. The smallest absolute Gasteiger partial charge is 0.131 e. The van der Waals surface area contributed by atoms with Gasteiger partial charge in [-0.1, -0.05) is 24.3 Å². The van der Waals surface area contributed by atoms with E-state index in [1.54, 1.807) is 12.3 Å². The lowest BCUT2D eigenvalue weighted by Gasteiger charge is -2.36. The highest BCUT2D eigenvalue weighted by molar-refractivity contribution is 5.99. The third-order valence-electron chi connectivity index (χ3n) is 7.17. The summed E-state index contributed by atoms with van der Waals surface area (Å²) in [5.41, 5.74) is 8.65. The molecule has 2 fully saturated rings. The first kappa shape index (κ1) is 21.2. The third kappa shape index (κ3) is 4.05. The number of rotatable bonds is 7. The minimum absolute atomic E-state index is 0.148. The fourth-order valence-corrected chi connectivity index (χ4v) is 5.42. The van der Waals surface area contributed by atoms with E-state index in [0.29, 0.717) is 36.1 Å². The summed E-state index contributed by atoms with van der Waals surface area (Å²) >= 11 is 0. The molecule has 32 heavy (non-hydrogen) atoms. The monoisotopic (exact) mass is 433 g/mol. The number of nitrogens with two attached hydrogens (primary N) is 1. The van der Waals surface area contributed by atoms with E-state index in [1.165, 1.54) is 13.0 Å². The summed E-state index contributed by atoms with van der Waals surface area (Å²) in [4.78, 5) is 9.37. The normalized spacial score (nSPS) is 21.1. The first-order chi connectivity index (χ1) is 15.5. The van der Waals surface area contributed by atoms with E-state index >= 15 is 0 Å². The number of hydrogen-bond donors (Lipinski definition) is 2. The van der Waals surface area contributed by atoms with Gasteiger partial charge in [0.15, 0.2) is 0 Å². The molecule has 1 unspecified atom stereocenters. The molecule has 2 atom stereocenters. The Bertz CT molecular complexity index is 1110. The number of benzene rings is 2. The van der Waals surface area contributed by atoms with Crippen LogP contribution in [-0.4, -0.2) is 52.5 Å². The van der Waals surface area contributed by atoms with Crippen LogP contribution in [0, 0.1) is 5.82 Å². The first-order valence-corrected chi connectivity index (χ1v) is 11.6. The number of fused-ring (bicyclic) bond motifs is 3. The Morgan fingerprint density at radius 3 is 2.75 bits per heavy atom. The average Bonchev–Trinajstić information content (AvgIpc) is 3.38. The van der Waals surface area contributed by atoms with Gasteiger partial charge in [0.25, 0.3) is 0 Å². The number of likely N-dealkylation sites (tertiary alicyclic amines) is 2. The fourth-order valence-electron chi connectivity index (χ4n) is 5.42.